The van der Waals surface area contributed by atoms with Gasteiger partial charge in [-0.05, 0) is 116 Å². The van der Waals surface area contributed by atoms with Gasteiger partial charge in [-0.2, -0.15) is 0 Å². The molecule has 0 aromatic rings. The van der Waals surface area contributed by atoms with E-state index >= 15 is 0 Å². The number of carboxylic acid groups (broad SMARTS) is 1. The molecule has 0 saturated carbocycles. The standard InChI is InChI=1S/C61H121N4O8.C9H20O.W.Y/c1-5-9-11-13-20-30-41-58(42-31-21-14-12-10-6-2)71-55-39-29-16-15-24-34-50-65(51-37-27-19-28-38-54-66)53-47-63-72-56-45-59(67)62-46-52-64(48-35-25-17-22-32-43-60(68)69)49-36-26-18-23-33-44-61(70)73-57(8-4)40-7-3;1-2-3-4-5-6-7-8-9-10;;/h57-58,66H,5-56H2,1-4H3,(H,62,67)(H,68,69);10H,2-9H2,1H3;;/q-1;;;. The van der Waals surface area contributed by atoms with Crippen molar-refractivity contribution < 1.29 is 97.8 Å². The number of carbonyl (C=O) groups is 3. The van der Waals surface area contributed by atoms with Gasteiger partial charge in [-0.25, -0.2) is 0 Å². The minimum atomic E-state index is -0.722. The molecule has 1 unspecified atom stereocenters. The van der Waals surface area contributed by atoms with E-state index in [1.54, 1.807) is 0 Å². The van der Waals surface area contributed by atoms with Gasteiger partial charge in [0, 0.05) is 113 Å². The number of hydrogen-bond donors (Lipinski definition) is 4. The van der Waals surface area contributed by atoms with Gasteiger partial charge in [0.05, 0.1) is 6.10 Å². The number of ether oxygens (including phenoxy) is 2. The number of carbonyl (C=O) groups excluding carboxylic acids is 2. The monoisotopic (exact) mass is 1450 g/mol. The first kappa shape index (κ1) is 91.3. The summed E-state index contributed by atoms with van der Waals surface area (Å²) in [7, 11) is 0. The van der Waals surface area contributed by atoms with Crippen LogP contribution < -0.4 is 5.32 Å². The van der Waals surface area contributed by atoms with Crippen LogP contribution in [0.5, 0.6) is 0 Å². The molecule has 505 valence electrons. The fraction of sp³-hybridized carbons (Fsp3) is 0.957. The maximum Gasteiger partial charge on any atom is 0.306 e. The van der Waals surface area contributed by atoms with Gasteiger partial charge in [-0.3, -0.25) is 14.4 Å². The summed E-state index contributed by atoms with van der Waals surface area (Å²) < 4.78 is 12.1. The van der Waals surface area contributed by atoms with Crippen LogP contribution in [0.4, 0.5) is 0 Å². The molecule has 85 heavy (non-hydrogen) atoms. The van der Waals surface area contributed by atoms with E-state index in [-0.39, 0.29) is 97.8 Å². The van der Waals surface area contributed by atoms with Crippen LogP contribution in [-0.2, 0) is 82.5 Å². The first-order chi connectivity index (χ1) is 40.7. The van der Waals surface area contributed by atoms with Gasteiger partial charge in [-0.15, -0.1) is 6.54 Å². The molecule has 13 nitrogen and oxygen atoms in total. The summed E-state index contributed by atoms with van der Waals surface area (Å²) in [5.74, 6) is -0.800. The molecule has 1 atom stereocenters. The first-order valence-corrected chi connectivity index (χ1v) is 36.0. The number of hydrogen-bond acceptors (Lipinski definition) is 10. The number of aliphatic hydroxyl groups is 2. The van der Waals surface area contributed by atoms with Gasteiger partial charge >= 0.3 is 11.9 Å². The molecular formula is C70H141N4O9WY-. The third kappa shape index (κ3) is 74.5. The van der Waals surface area contributed by atoms with Gasteiger partial charge in [0.15, 0.2) is 0 Å². The molecule has 0 aromatic carbocycles. The van der Waals surface area contributed by atoms with Crippen molar-refractivity contribution in [1.29, 1.82) is 0 Å². The van der Waals surface area contributed by atoms with E-state index in [4.69, 9.17) is 29.6 Å². The molecule has 0 aliphatic carbocycles. The van der Waals surface area contributed by atoms with E-state index in [0.29, 0.717) is 32.2 Å². The number of nitrogens with one attached hydrogen (secondary N) is 1. The number of esters is 1. The summed E-state index contributed by atoms with van der Waals surface area (Å²) in [5.41, 5.74) is 4.36. The quantitative estimate of drug-likeness (QED) is 0.0259. The van der Waals surface area contributed by atoms with E-state index < -0.39 is 5.97 Å². The molecule has 0 bridgehead atoms. The molecule has 0 aliphatic heterocycles. The predicted octanol–water partition coefficient (Wildman–Crippen LogP) is 18.2. The Morgan fingerprint density at radius 1 is 0.424 bits per heavy atom. The molecule has 1 radical (unpaired) electrons. The Bertz CT molecular complexity index is 1290. The first-order valence-electron chi connectivity index (χ1n) is 36.0. The number of rotatable bonds is 68. The van der Waals surface area contributed by atoms with Crippen LogP contribution in [0.25, 0.3) is 5.48 Å². The topological polar surface area (TPSA) is 172 Å². The van der Waals surface area contributed by atoms with E-state index in [0.717, 1.165) is 155 Å². The van der Waals surface area contributed by atoms with Crippen LogP contribution >= 0.6 is 0 Å². The minimum absolute atomic E-state index is 0. The van der Waals surface area contributed by atoms with Gasteiger partial charge in [0.25, 0.3) is 0 Å². The molecular weight excluding hydrogens is 1310 g/mol. The van der Waals surface area contributed by atoms with Crippen LogP contribution in [-0.4, -0.2) is 134 Å². The summed E-state index contributed by atoms with van der Waals surface area (Å²) in [4.78, 5) is 46.4. The van der Waals surface area contributed by atoms with E-state index in [1.165, 1.54) is 180 Å². The SMILES string of the molecule is CCCCCCCCC(CCCCCCCC)OCCCCCCCCN(CCCCCCCO)CC[N-]OCCC(=O)NCCN(CCCCCCCC(=O)O)CCCCCCCC(=O)OC(CC)CCC.CCCCCCCCCO.[W].[Y]. The van der Waals surface area contributed by atoms with E-state index in [9.17, 15) is 14.4 Å². The van der Waals surface area contributed by atoms with E-state index in [1.807, 2.05) is 0 Å². The molecule has 0 heterocycles. The molecule has 0 aliphatic rings. The van der Waals surface area contributed by atoms with Crippen LogP contribution in [0.2, 0.25) is 0 Å². The predicted molar refractivity (Wildman–Crippen MR) is 351 cm³/mol. The number of nitrogens with zero attached hydrogens (tertiary/aromatic N) is 3. The third-order valence-electron chi connectivity index (χ3n) is 16.2. The Balaban J connectivity index is -0.00000248. The molecule has 0 spiro atoms. The molecule has 15 heteroatoms. The number of aliphatic hydroxyl groups excluding tert-OH is 2. The zero-order valence-electron chi connectivity index (χ0n) is 56.7. The second kappa shape index (κ2) is 78.2. The number of amides is 1. The van der Waals surface area contributed by atoms with Crippen molar-refractivity contribution in [2.75, 3.05) is 78.8 Å². The van der Waals surface area contributed by atoms with Crippen molar-refractivity contribution in [3.63, 3.8) is 0 Å². The second-order valence-corrected chi connectivity index (χ2v) is 24.3. The Kier molecular flexibility index (Phi) is 84.0. The maximum atomic E-state index is 12.8. The zero-order chi connectivity index (χ0) is 61.0. The zero-order valence-corrected chi connectivity index (χ0v) is 62.5. The largest absolute Gasteiger partial charge is 0.533 e. The summed E-state index contributed by atoms with van der Waals surface area (Å²) >= 11 is 0. The van der Waals surface area contributed by atoms with Gasteiger partial charge < -0.3 is 50.2 Å². The van der Waals surface area contributed by atoms with Crippen molar-refractivity contribution in [2.24, 2.45) is 0 Å². The van der Waals surface area contributed by atoms with Crippen molar-refractivity contribution >= 4 is 17.8 Å². The van der Waals surface area contributed by atoms with Crippen LogP contribution in [0.1, 0.15) is 343 Å². The fourth-order valence-corrected chi connectivity index (χ4v) is 10.8. The summed E-state index contributed by atoms with van der Waals surface area (Å²) in [6, 6.07) is 0. The average molecular weight is 1460 g/mol. The summed E-state index contributed by atoms with van der Waals surface area (Å²) in [6.45, 7) is 19.8. The number of aliphatic carboxylic acids is 1. The molecule has 0 rings (SSSR count). The minimum Gasteiger partial charge on any atom is -0.533 e. The third-order valence-corrected chi connectivity index (χ3v) is 16.2. The fourth-order valence-electron chi connectivity index (χ4n) is 10.8. The number of carboxylic acids is 1. The smallest absolute Gasteiger partial charge is 0.306 e. The Morgan fingerprint density at radius 2 is 0.824 bits per heavy atom. The van der Waals surface area contributed by atoms with Crippen molar-refractivity contribution in [3.8, 4) is 0 Å². The van der Waals surface area contributed by atoms with Crippen LogP contribution in [0.15, 0.2) is 0 Å². The normalized spacial score (nSPS) is 11.6. The molecule has 0 saturated heterocycles. The molecule has 4 N–H and O–H groups in total. The van der Waals surface area contributed by atoms with Gasteiger partial charge in [-0.1, -0.05) is 240 Å². The second-order valence-electron chi connectivity index (χ2n) is 24.3. The number of hydroxylamine groups is 1. The molecule has 0 fully saturated rings. The van der Waals surface area contributed by atoms with Crippen LogP contribution in [0, 0.1) is 0 Å². The number of unbranched alkanes of at least 4 members (excludes halogenated alkanes) is 33. The molecule has 1 amide bonds. The Morgan fingerprint density at radius 3 is 1.26 bits per heavy atom. The Labute approximate surface area is 565 Å². The van der Waals surface area contributed by atoms with Gasteiger partial charge in [0.1, 0.15) is 6.10 Å². The van der Waals surface area contributed by atoms with Crippen LogP contribution in [0.3, 0.4) is 0 Å². The van der Waals surface area contributed by atoms with Crippen molar-refractivity contribution in [3.05, 3.63) is 5.48 Å². The maximum absolute atomic E-state index is 12.8. The Hall–Kier alpha value is -0.0778. The van der Waals surface area contributed by atoms with Gasteiger partial charge in [0.2, 0.25) is 5.91 Å². The molecule has 0 aromatic heterocycles. The summed E-state index contributed by atoms with van der Waals surface area (Å²) in [5, 5.41) is 29.7. The average Bonchev–Trinajstić information content (AvgIpc) is 3.47. The van der Waals surface area contributed by atoms with Crippen molar-refractivity contribution in [1.82, 2.24) is 15.1 Å². The van der Waals surface area contributed by atoms with E-state index in [2.05, 4.69) is 55.2 Å². The summed E-state index contributed by atoms with van der Waals surface area (Å²) in [6.07, 6.45) is 55.1. The van der Waals surface area contributed by atoms with Crippen molar-refractivity contribution in [2.45, 2.75) is 355 Å².